The monoisotopic (exact) mass is 168 g/mol. The lowest BCUT2D eigenvalue weighted by molar-refractivity contribution is 0.529. The maximum Gasteiger partial charge on any atom is 0.0963 e. The average molecular weight is 168 g/mol. The molecule has 1 rings (SSSR count). The van der Waals surface area contributed by atoms with E-state index in [2.05, 4.69) is 12.2 Å². The highest BCUT2D eigenvalue weighted by atomic mass is 14.9. The second-order valence-corrected chi connectivity index (χ2v) is 3.68. The molecule has 1 aliphatic rings. The number of hydrogen-bond acceptors (Lipinski definition) is 1. The summed E-state index contributed by atoms with van der Waals surface area (Å²) in [5.74, 6) is 1.33. The van der Waals surface area contributed by atoms with Crippen molar-refractivity contribution in [2.45, 2.75) is 45.4 Å². The standard InChI is InChI=1S/C10H20N2/c1-2-3-6-9-7-4-5-8-12-10(9)11/h9H,2-8H2,1H3,(H2,11,12). The fraction of sp³-hybridized carbons (Fsp3) is 0.900. The second-order valence-electron chi connectivity index (χ2n) is 3.68. The maximum atomic E-state index is 7.75. The highest BCUT2D eigenvalue weighted by Gasteiger charge is 2.15. The minimum absolute atomic E-state index is 0.535. The van der Waals surface area contributed by atoms with Gasteiger partial charge in [-0.25, -0.2) is 0 Å². The zero-order valence-electron chi connectivity index (χ0n) is 8.03. The Bertz CT molecular complexity index is 143. The fourth-order valence-corrected chi connectivity index (χ4v) is 1.77. The molecule has 0 amide bonds. The van der Waals surface area contributed by atoms with Crippen molar-refractivity contribution >= 4 is 5.84 Å². The van der Waals surface area contributed by atoms with Crippen LogP contribution >= 0.6 is 0 Å². The highest BCUT2D eigenvalue weighted by Crippen LogP contribution is 2.18. The first-order valence-corrected chi connectivity index (χ1v) is 5.17. The van der Waals surface area contributed by atoms with E-state index in [-0.39, 0.29) is 0 Å². The molecule has 1 heterocycles. The van der Waals surface area contributed by atoms with Gasteiger partial charge in [-0.15, -0.1) is 0 Å². The molecule has 0 aromatic rings. The number of unbranched alkanes of at least 4 members (excludes halogenated alkanes) is 1. The summed E-state index contributed by atoms with van der Waals surface area (Å²) in [4.78, 5) is 0. The van der Waals surface area contributed by atoms with E-state index in [4.69, 9.17) is 5.41 Å². The van der Waals surface area contributed by atoms with E-state index in [9.17, 15) is 0 Å². The quantitative estimate of drug-likeness (QED) is 0.667. The minimum Gasteiger partial charge on any atom is -0.374 e. The van der Waals surface area contributed by atoms with Crippen molar-refractivity contribution in [3.63, 3.8) is 0 Å². The molecule has 0 aromatic carbocycles. The van der Waals surface area contributed by atoms with E-state index in [1.165, 1.54) is 38.5 Å². The van der Waals surface area contributed by atoms with Crippen molar-refractivity contribution in [1.29, 1.82) is 5.41 Å². The molecular weight excluding hydrogens is 148 g/mol. The largest absolute Gasteiger partial charge is 0.374 e. The van der Waals surface area contributed by atoms with Gasteiger partial charge in [0.25, 0.3) is 0 Å². The molecule has 1 unspecified atom stereocenters. The third kappa shape index (κ3) is 2.84. The third-order valence-corrected chi connectivity index (χ3v) is 2.61. The third-order valence-electron chi connectivity index (χ3n) is 2.61. The Balaban J connectivity index is 2.31. The average Bonchev–Trinajstić information content (AvgIpc) is 2.27. The summed E-state index contributed by atoms with van der Waals surface area (Å²) in [6.45, 7) is 3.23. The summed E-state index contributed by atoms with van der Waals surface area (Å²) >= 11 is 0. The molecule has 0 aliphatic carbocycles. The molecule has 70 valence electrons. The smallest absolute Gasteiger partial charge is 0.0963 e. The first kappa shape index (κ1) is 9.56. The summed E-state index contributed by atoms with van der Waals surface area (Å²) in [5, 5.41) is 10.9. The zero-order chi connectivity index (χ0) is 8.81. The van der Waals surface area contributed by atoms with Crippen LogP contribution in [0, 0.1) is 11.3 Å². The van der Waals surface area contributed by atoms with Crippen molar-refractivity contribution in [1.82, 2.24) is 5.32 Å². The van der Waals surface area contributed by atoms with Crippen LogP contribution in [0.4, 0.5) is 0 Å². The van der Waals surface area contributed by atoms with Crippen LogP contribution in [0.15, 0.2) is 0 Å². The lowest BCUT2D eigenvalue weighted by Gasteiger charge is -2.14. The fourth-order valence-electron chi connectivity index (χ4n) is 1.77. The van der Waals surface area contributed by atoms with Crippen LogP contribution in [-0.4, -0.2) is 12.4 Å². The Kier molecular flexibility index (Phi) is 4.12. The van der Waals surface area contributed by atoms with Crippen LogP contribution in [0.2, 0.25) is 0 Å². The van der Waals surface area contributed by atoms with Crippen LogP contribution in [0.1, 0.15) is 45.4 Å². The van der Waals surface area contributed by atoms with Gasteiger partial charge in [0.15, 0.2) is 0 Å². The Morgan fingerprint density at radius 3 is 3.08 bits per heavy atom. The molecule has 2 heteroatoms. The van der Waals surface area contributed by atoms with Crippen molar-refractivity contribution < 1.29 is 0 Å². The van der Waals surface area contributed by atoms with Gasteiger partial charge in [-0.3, -0.25) is 5.41 Å². The maximum absolute atomic E-state index is 7.75. The molecule has 1 saturated heterocycles. The number of nitrogens with one attached hydrogen (secondary N) is 2. The summed E-state index contributed by atoms with van der Waals surface area (Å²) < 4.78 is 0. The van der Waals surface area contributed by atoms with Gasteiger partial charge in [-0.2, -0.15) is 0 Å². The molecular formula is C10H20N2. The Hall–Kier alpha value is -0.530. The van der Waals surface area contributed by atoms with Gasteiger partial charge >= 0.3 is 0 Å². The van der Waals surface area contributed by atoms with E-state index in [0.717, 1.165) is 12.4 Å². The molecule has 12 heavy (non-hydrogen) atoms. The molecule has 0 saturated carbocycles. The summed E-state index contributed by atoms with van der Waals surface area (Å²) in [6, 6.07) is 0. The topological polar surface area (TPSA) is 35.9 Å². The SMILES string of the molecule is CCCCC1CCCCNC1=N. The minimum atomic E-state index is 0.535. The predicted octanol–water partition coefficient (Wildman–Crippen LogP) is 2.54. The van der Waals surface area contributed by atoms with Crippen molar-refractivity contribution in [2.24, 2.45) is 5.92 Å². The summed E-state index contributed by atoms with van der Waals surface area (Å²) in [5.41, 5.74) is 0. The lowest BCUT2D eigenvalue weighted by Crippen LogP contribution is -2.28. The van der Waals surface area contributed by atoms with E-state index < -0.39 is 0 Å². The van der Waals surface area contributed by atoms with Crippen molar-refractivity contribution in [3.05, 3.63) is 0 Å². The first-order valence-electron chi connectivity index (χ1n) is 5.17. The van der Waals surface area contributed by atoms with Crippen LogP contribution in [0.25, 0.3) is 0 Å². The lowest BCUT2D eigenvalue weighted by atomic mass is 9.96. The van der Waals surface area contributed by atoms with Gasteiger partial charge in [-0.1, -0.05) is 26.2 Å². The van der Waals surface area contributed by atoms with Crippen LogP contribution in [0.3, 0.4) is 0 Å². The van der Waals surface area contributed by atoms with E-state index in [1.54, 1.807) is 0 Å². The molecule has 0 aromatic heterocycles. The molecule has 0 radical (unpaired) electrons. The van der Waals surface area contributed by atoms with E-state index >= 15 is 0 Å². The van der Waals surface area contributed by atoms with Gasteiger partial charge in [0.2, 0.25) is 0 Å². The Morgan fingerprint density at radius 1 is 1.50 bits per heavy atom. The molecule has 1 fully saturated rings. The molecule has 0 spiro atoms. The van der Waals surface area contributed by atoms with Crippen molar-refractivity contribution in [2.75, 3.05) is 6.54 Å². The molecule has 1 aliphatic heterocycles. The Labute approximate surface area is 75.3 Å². The normalized spacial score (nSPS) is 24.8. The van der Waals surface area contributed by atoms with E-state index in [1.807, 2.05) is 0 Å². The second kappa shape index (κ2) is 5.18. The van der Waals surface area contributed by atoms with Crippen LogP contribution in [-0.2, 0) is 0 Å². The van der Waals surface area contributed by atoms with Crippen LogP contribution < -0.4 is 5.32 Å². The van der Waals surface area contributed by atoms with Gasteiger partial charge in [0.1, 0.15) is 0 Å². The summed E-state index contributed by atoms with van der Waals surface area (Å²) in [7, 11) is 0. The van der Waals surface area contributed by atoms with Gasteiger partial charge in [0.05, 0.1) is 5.84 Å². The molecule has 2 N–H and O–H groups in total. The zero-order valence-corrected chi connectivity index (χ0v) is 8.03. The van der Waals surface area contributed by atoms with Crippen LogP contribution in [0.5, 0.6) is 0 Å². The number of rotatable bonds is 3. The number of amidine groups is 1. The van der Waals surface area contributed by atoms with E-state index in [0.29, 0.717) is 5.92 Å². The van der Waals surface area contributed by atoms with Gasteiger partial charge < -0.3 is 5.32 Å². The van der Waals surface area contributed by atoms with Gasteiger partial charge in [0, 0.05) is 12.5 Å². The summed E-state index contributed by atoms with van der Waals surface area (Å²) in [6.07, 6.45) is 7.50. The molecule has 2 nitrogen and oxygen atoms in total. The van der Waals surface area contributed by atoms with Gasteiger partial charge in [-0.05, 0) is 19.3 Å². The predicted molar refractivity (Wildman–Crippen MR) is 52.6 cm³/mol. The molecule has 1 atom stereocenters. The number of hydrogen-bond donors (Lipinski definition) is 2. The Morgan fingerprint density at radius 2 is 2.33 bits per heavy atom. The first-order chi connectivity index (χ1) is 5.84. The van der Waals surface area contributed by atoms with Crippen molar-refractivity contribution in [3.8, 4) is 0 Å². The highest BCUT2D eigenvalue weighted by molar-refractivity contribution is 5.81. The molecule has 0 bridgehead atoms.